The van der Waals surface area contributed by atoms with E-state index in [0.29, 0.717) is 47.4 Å². The van der Waals surface area contributed by atoms with Gasteiger partial charge in [0.1, 0.15) is 6.07 Å². The molecule has 3 aromatic carbocycles. The van der Waals surface area contributed by atoms with E-state index in [1.54, 1.807) is 18.2 Å². The monoisotopic (exact) mass is 457 g/mol. The van der Waals surface area contributed by atoms with Crippen molar-refractivity contribution in [2.75, 3.05) is 24.5 Å². The highest BCUT2D eigenvalue weighted by Crippen LogP contribution is 2.35. The van der Waals surface area contributed by atoms with Gasteiger partial charge in [-0.3, -0.25) is 4.90 Å². The van der Waals surface area contributed by atoms with E-state index in [0.717, 1.165) is 17.3 Å². The predicted molar refractivity (Wildman–Crippen MR) is 119 cm³/mol. The number of rotatable bonds is 4. The molecule has 0 radical (unpaired) electrons. The number of nitriles is 1. The van der Waals surface area contributed by atoms with Gasteiger partial charge in [0.15, 0.2) is 11.6 Å². The standard InChI is InChI=1S/C24H19Cl2F2N3/c25-19-4-2-17(3-5-19)24-15-30(14-16-1-7-21(27)22(28)11-16)9-10-31(24)23-8-6-20(26)12-18(23)13-29/h1-8,11-12,24H,9-10,14-15H2. The molecule has 158 valence electrons. The first-order valence-corrected chi connectivity index (χ1v) is 10.6. The summed E-state index contributed by atoms with van der Waals surface area (Å²) < 4.78 is 26.9. The Kier molecular flexibility index (Phi) is 6.43. The molecule has 0 N–H and O–H groups in total. The molecule has 1 heterocycles. The van der Waals surface area contributed by atoms with Crippen LogP contribution in [0.5, 0.6) is 0 Å². The van der Waals surface area contributed by atoms with Crippen LogP contribution in [0.4, 0.5) is 14.5 Å². The summed E-state index contributed by atoms with van der Waals surface area (Å²) in [5.74, 6) is -1.69. The summed E-state index contributed by atoms with van der Waals surface area (Å²) in [5.41, 5.74) is 3.10. The lowest BCUT2D eigenvalue weighted by Gasteiger charge is -2.43. The van der Waals surface area contributed by atoms with Gasteiger partial charge in [0.2, 0.25) is 0 Å². The lowest BCUT2D eigenvalue weighted by Crippen LogP contribution is -2.48. The van der Waals surface area contributed by atoms with Gasteiger partial charge in [-0.05, 0) is 53.6 Å². The van der Waals surface area contributed by atoms with Crippen LogP contribution in [-0.4, -0.2) is 24.5 Å². The fraction of sp³-hybridized carbons (Fsp3) is 0.208. The summed E-state index contributed by atoms with van der Waals surface area (Å²) in [5, 5.41) is 10.8. The van der Waals surface area contributed by atoms with E-state index in [-0.39, 0.29) is 6.04 Å². The van der Waals surface area contributed by atoms with Crippen molar-refractivity contribution in [1.82, 2.24) is 4.90 Å². The number of nitrogens with zero attached hydrogens (tertiary/aromatic N) is 3. The summed E-state index contributed by atoms with van der Waals surface area (Å²) >= 11 is 12.2. The lowest BCUT2D eigenvalue weighted by atomic mass is 9.99. The van der Waals surface area contributed by atoms with Crippen LogP contribution in [0.15, 0.2) is 60.7 Å². The zero-order chi connectivity index (χ0) is 22.0. The second kappa shape index (κ2) is 9.23. The Hall–Kier alpha value is -2.65. The normalized spacial score (nSPS) is 16.9. The lowest BCUT2D eigenvalue weighted by molar-refractivity contribution is 0.215. The molecule has 7 heteroatoms. The topological polar surface area (TPSA) is 30.3 Å². The van der Waals surface area contributed by atoms with Crippen molar-refractivity contribution >= 4 is 28.9 Å². The molecule has 0 saturated carbocycles. The molecular formula is C24H19Cl2F2N3. The molecule has 1 atom stereocenters. The highest BCUT2D eigenvalue weighted by Gasteiger charge is 2.30. The molecule has 3 nitrogen and oxygen atoms in total. The Labute approximate surface area is 190 Å². The number of anilines is 1. The van der Waals surface area contributed by atoms with Gasteiger partial charge in [0.05, 0.1) is 17.3 Å². The van der Waals surface area contributed by atoms with Crippen molar-refractivity contribution in [3.05, 3.63) is 99.0 Å². The van der Waals surface area contributed by atoms with E-state index in [4.69, 9.17) is 23.2 Å². The minimum Gasteiger partial charge on any atom is -0.361 e. The molecule has 0 bridgehead atoms. The van der Waals surface area contributed by atoms with Crippen LogP contribution in [0.3, 0.4) is 0 Å². The molecule has 4 rings (SSSR count). The van der Waals surface area contributed by atoms with Gasteiger partial charge in [-0.15, -0.1) is 0 Å². The molecule has 0 amide bonds. The molecule has 1 unspecified atom stereocenters. The molecule has 0 spiro atoms. The average Bonchev–Trinajstić information content (AvgIpc) is 2.77. The van der Waals surface area contributed by atoms with Crippen LogP contribution < -0.4 is 4.90 Å². The first-order chi connectivity index (χ1) is 14.9. The van der Waals surface area contributed by atoms with Crippen molar-refractivity contribution < 1.29 is 8.78 Å². The number of hydrogen-bond donors (Lipinski definition) is 0. The van der Waals surface area contributed by atoms with Gasteiger partial charge < -0.3 is 4.90 Å². The van der Waals surface area contributed by atoms with Crippen LogP contribution in [0.1, 0.15) is 22.7 Å². The van der Waals surface area contributed by atoms with Gasteiger partial charge in [-0.1, -0.05) is 41.4 Å². The molecule has 0 aromatic heterocycles. The Bertz CT molecular complexity index is 1130. The highest BCUT2D eigenvalue weighted by atomic mass is 35.5. The quantitative estimate of drug-likeness (QED) is 0.466. The minimum atomic E-state index is -0.848. The van der Waals surface area contributed by atoms with Crippen molar-refractivity contribution in [2.24, 2.45) is 0 Å². The van der Waals surface area contributed by atoms with E-state index in [9.17, 15) is 14.0 Å². The number of halogens is 4. The molecule has 1 aliphatic heterocycles. The van der Waals surface area contributed by atoms with Gasteiger partial charge in [0.25, 0.3) is 0 Å². The second-order valence-corrected chi connectivity index (χ2v) is 8.39. The third-order valence-electron chi connectivity index (χ3n) is 5.50. The summed E-state index contributed by atoms with van der Waals surface area (Å²) in [6.07, 6.45) is 0. The summed E-state index contributed by atoms with van der Waals surface area (Å²) in [6.45, 7) is 2.51. The Morgan fingerprint density at radius 2 is 1.65 bits per heavy atom. The van der Waals surface area contributed by atoms with Gasteiger partial charge in [-0.25, -0.2) is 8.78 Å². The van der Waals surface area contributed by atoms with Crippen LogP contribution in [-0.2, 0) is 6.54 Å². The third kappa shape index (κ3) is 4.83. The third-order valence-corrected chi connectivity index (χ3v) is 5.99. The number of piperazine rings is 1. The zero-order valence-electron chi connectivity index (χ0n) is 16.5. The smallest absolute Gasteiger partial charge is 0.159 e. The molecular weight excluding hydrogens is 439 g/mol. The van der Waals surface area contributed by atoms with E-state index in [1.807, 2.05) is 30.3 Å². The van der Waals surface area contributed by atoms with E-state index >= 15 is 0 Å². The summed E-state index contributed by atoms with van der Waals surface area (Å²) in [7, 11) is 0. The van der Waals surface area contributed by atoms with Crippen molar-refractivity contribution in [2.45, 2.75) is 12.6 Å². The van der Waals surface area contributed by atoms with Gasteiger partial charge in [-0.2, -0.15) is 5.26 Å². The maximum absolute atomic E-state index is 13.7. The maximum Gasteiger partial charge on any atom is 0.159 e. The maximum atomic E-state index is 13.7. The molecule has 0 aliphatic carbocycles. The number of hydrogen-bond acceptors (Lipinski definition) is 3. The second-order valence-electron chi connectivity index (χ2n) is 7.52. The Balaban J connectivity index is 1.65. The van der Waals surface area contributed by atoms with Gasteiger partial charge in [0, 0.05) is 36.2 Å². The summed E-state index contributed by atoms with van der Waals surface area (Å²) in [4.78, 5) is 4.39. The summed E-state index contributed by atoms with van der Waals surface area (Å²) in [6, 6.07) is 19.2. The van der Waals surface area contributed by atoms with Crippen molar-refractivity contribution in [1.29, 1.82) is 5.26 Å². The van der Waals surface area contributed by atoms with Crippen molar-refractivity contribution in [3.8, 4) is 6.07 Å². The van der Waals surface area contributed by atoms with Crippen molar-refractivity contribution in [3.63, 3.8) is 0 Å². The fourth-order valence-electron chi connectivity index (χ4n) is 3.99. The fourth-order valence-corrected chi connectivity index (χ4v) is 4.28. The first kappa shape index (κ1) is 21.6. The predicted octanol–water partition coefficient (Wildman–Crippen LogP) is 6.21. The molecule has 31 heavy (non-hydrogen) atoms. The number of benzene rings is 3. The molecule has 1 fully saturated rings. The minimum absolute atomic E-state index is 0.0513. The highest BCUT2D eigenvalue weighted by molar-refractivity contribution is 6.31. The Morgan fingerprint density at radius 1 is 0.903 bits per heavy atom. The van der Waals surface area contributed by atoms with Crippen LogP contribution >= 0.6 is 23.2 Å². The zero-order valence-corrected chi connectivity index (χ0v) is 18.0. The molecule has 1 saturated heterocycles. The first-order valence-electron chi connectivity index (χ1n) is 9.82. The van der Waals surface area contributed by atoms with Crippen LogP contribution in [0.2, 0.25) is 10.0 Å². The Morgan fingerprint density at radius 3 is 2.35 bits per heavy atom. The average molecular weight is 458 g/mol. The van der Waals surface area contributed by atoms with E-state index in [2.05, 4.69) is 15.9 Å². The van der Waals surface area contributed by atoms with Crippen LogP contribution in [0, 0.1) is 23.0 Å². The molecule has 1 aliphatic rings. The van der Waals surface area contributed by atoms with Gasteiger partial charge >= 0.3 is 0 Å². The van der Waals surface area contributed by atoms with E-state index in [1.165, 1.54) is 6.07 Å². The molecule has 3 aromatic rings. The van der Waals surface area contributed by atoms with Crippen LogP contribution in [0.25, 0.3) is 0 Å². The van der Waals surface area contributed by atoms with E-state index < -0.39 is 11.6 Å². The largest absolute Gasteiger partial charge is 0.361 e. The SMILES string of the molecule is N#Cc1cc(Cl)ccc1N1CCN(Cc2ccc(F)c(F)c2)CC1c1ccc(Cl)cc1.